The molecule has 3 aliphatic rings. The summed E-state index contributed by atoms with van der Waals surface area (Å²) in [5, 5.41) is 3.47. The molecule has 1 amide bonds. The molecule has 4 nitrogen and oxygen atoms in total. The van der Waals surface area contributed by atoms with Crippen molar-refractivity contribution in [2.24, 2.45) is 5.92 Å². The second-order valence-electron chi connectivity index (χ2n) is 7.59. The van der Waals surface area contributed by atoms with Crippen LogP contribution in [0.25, 0.3) is 0 Å². The van der Waals surface area contributed by atoms with Crippen molar-refractivity contribution in [3.63, 3.8) is 0 Å². The molecule has 120 valence electrons. The number of hydrogen-bond acceptors (Lipinski definition) is 3. The van der Waals surface area contributed by atoms with Gasteiger partial charge in [-0.2, -0.15) is 0 Å². The van der Waals surface area contributed by atoms with Gasteiger partial charge in [0, 0.05) is 31.6 Å². The Balaban J connectivity index is 1.75. The largest absolute Gasteiger partial charge is 0.334 e. The normalized spacial score (nSPS) is 34.1. The van der Waals surface area contributed by atoms with Crippen LogP contribution in [0.3, 0.4) is 0 Å². The van der Waals surface area contributed by atoms with Gasteiger partial charge in [-0.15, -0.1) is 0 Å². The molecule has 2 atom stereocenters. The minimum atomic E-state index is 0.149. The Bertz CT molecular complexity index is 378. The van der Waals surface area contributed by atoms with Crippen molar-refractivity contribution in [3.05, 3.63) is 0 Å². The summed E-state index contributed by atoms with van der Waals surface area (Å²) in [7, 11) is 2.21. The van der Waals surface area contributed by atoms with Crippen LogP contribution in [0, 0.1) is 5.92 Å². The maximum Gasteiger partial charge on any atom is 0.226 e. The molecule has 1 N–H and O–H groups in total. The number of carbonyl (C=O) groups excluding carboxylic acids is 1. The lowest BCUT2D eigenvalue weighted by molar-refractivity contribution is -0.149. The summed E-state index contributed by atoms with van der Waals surface area (Å²) in [6.45, 7) is 6.26. The van der Waals surface area contributed by atoms with Crippen molar-refractivity contribution >= 4 is 5.91 Å². The van der Waals surface area contributed by atoms with Gasteiger partial charge in [0.1, 0.15) is 0 Å². The zero-order chi connectivity index (χ0) is 14.9. The fraction of sp³-hybridized carbons (Fsp3) is 0.941. The van der Waals surface area contributed by atoms with Crippen molar-refractivity contribution in [1.82, 2.24) is 15.1 Å². The van der Waals surface area contributed by atoms with E-state index in [1.165, 1.54) is 32.1 Å². The first-order valence-electron chi connectivity index (χ1n) is 8.84. The Morgan fingerprint density at radius 2 is 1.95 bits per heavy atom. The van der Waals surface area contributed by atoms with Crippen molar-refractivity contribution in [2.45, 2.75) is 63.5 Å². The number of amides is 1. The first-order chi connectivity index (χ1) is 10.1. The van der Waals surface area contributed by atoms with Gasteiger partial charge >= 0.3 is 0 Å². The van der Waals surface area contributed by atoms with Crippen molar-refractivity contribution in [2.75, 3.05) is 33.2 Å². The topological polar surface area (TPSA) is 35.6 Å². The summed E-state index contributed by atoms with van der Waals surface area (Å²) in [5.41, 5.74) is 0.149. The predicted octanol–water partition coefficient (Wildman–Crippen LogP) is 1.85. The summed E-state index contributed by atoms with van der Waals surface area (Å²) in [4.78, 5) is 17.9. The van der Waals surface area contributed by atoms with Crippen LogP contribution in [0.5, 0.6) is 0 Å². The van der Waals surface area contributed by atoms with E-state index in [2.05, 4.69) is 29.1 Å². The molecular weight excluding hydrogens is 262 g/mol. The van der Waals surface area contributed by atoms with Crippen molar-refractivity contribution < 1.29 is 4.79 Å². The molecule has 1 saturated carbocycles. The molecule has 0 aromatic carbocycles. The van der Waals surface area contributed by atoms with Crippen LogP contribution < -0.4 is 5.32 Å². The van der Waals surface area contributed by atoms with Crippen LogP contribution in [0.1, 0.15) is 51.9 Å². The highest BCUT2D eigenvalue weighted by atomic mass is 16.2. The third kappa shape index (κ3) is 3.11. The molecule has 21 heavy (non-hydrogen) atoms. The quantitative estimate of drug-likeness (QED) is 0.801. The van der Waals surface area contributed by atoms with Gasteiger partial charge in [0.05, 0.1) is 5.54 Å². The molecule has 2 heterocycles. The van der Waals surface area contributed by atoms with E-state index in [4.69, 9.17) is 0 Å². The number of hydrogen-bond donors (Lipinski definition) is 1. The van der Waals surface area contributed by atoms with Crippen LogP contribution in [0.15, 0.2) is 0 Å². The SMILES string of the molecule is C[C@H]1C[C@@H](C(=O)N2CCN(C)CC23CCCCC3)CCN1. The van der Waals surface area contributed by atoms with E-state index in [1.807, 2.05) is 0 Å². The number of nitrogens with zero attached hydrogens (tertiary/aromatic N) is 2. The van der Waals surface area contributed by atoms with Crippen LogP contribution in [0.2, 0.25) is 0 Å². The Hall–Kier alpha value is -0.610. The third-order valence-corrected chi connectivity index (χ3v) is 5.87. The van der Waals surface area contributed by atoms with Gasteiger partial charge < -0.3 is 15.1 Å². The second kappa shape index (κ2) is 6.25. The lowest BCUT2D eigenvalue weighted by Gasteiger charge is -2.53. The van der Waals surface area contributed by atoms with E-state index in [1.54, 1.807) is 0 Å². The highest BCUT2D eigenvalue weighted by molar-refractivity contribution is 5.80. The van der Waals surface area contributed by atoms with Gasteiger partial charge in [-0.1, -0.05) is 19.3 Å². The molecular formula is C17H31N3O. The first kappa shape index (κ1) is 15.3. The van der Waals surface area contributed by atoms with Gasteiger partial charge in [-0.05, 0) is 46.2 Å². The van der Waals surface area contributed by atoms with Gasteiger partial charge in [0.15, 0.2) is 0 Å². The minimum absolute atomic E-state index is 0.149. The highest BCUT2D eigenvalue weighted by Crippen LogP contribution is 2.38. The fourth-order valence-corrected chi connectivity index (χ4v) is 4.73. The Labute approximate surface area is 129 Å². The van der Waals surface area contributed by atoms with E-state index in [-0.39, 0.29) is 11.5 Å². The number of piperazine rings is 1. The Kier molecular flexibility index (Phi) is 4.55. The molecule has 0 aromatic heterocycles. The standard InChI is InChI=1S/C17H31N3O/c1-14-12-15(6-9-18-14)16(21)20-11-10-19(2)13-17(20)7-4-3-5-8-17/h14-15,18H,3-13H2,1-2H3/t14-,15-/m0/s1. The summed E-state index contributed by atoms with van der Waals surface area (Å²) in [6, 6.07) is 0.488. The number of carbonyl (C=O) groups is 1. The lowest BCUT2D eigenvalue weighted by Crippen LogP contribution is -2.65. The molecule has 2 saturated heterocycles. The second-order valence-corrected chi connectivity index (χ2v) is 7.59. The molecule has 4 heteroatoms. The number of piperidine rings is 1. The number of rotatable bonds is 1. The average molecular weight is 293 g/mol. The van der Waals surface area contributed by atoms with Crippen molar-refractivity contribution in [3.8, 4) is 0 Å². The minimum Gasteiger partial charge on any atom is -0.334 e. The van der Waals surface area contributed by atoms with Gasteiger partial charge in [0.25, 0.3) is 0 Å². The Morgan fingerprint density at radius 1 is 1.19 bits per heavy atom. The highest BCUT2D eigenvalue weighted by Gasteiger charge is 2.45. The fourth-order valence-electron chi connectivity index (χ4n) is 4.73. The van der Waals surface area contributed by atoms with E-state index >= 15 is 0 Å². The molecule has 2 aliphatic heterocycles. The van der Waals surface area contributed by atoms with Crippen LogP contribution in [-0.2, 0) is 4.79 Å². The number of nitrogens with one attached hydrogen (secondary N) is 1. The molecule has 0 unspecified atom stereocenters. The first-order valence-corrected chi connectivity index (χ1v) is 8.84. The van der Waals surface area contributed by atoms with E-state index < -0.39 is 0 Å². The molecule has 1 spiro atoms. The van der Waals surface area contributed by atoms with Crippen LogP contribution in [-0.4, -0.2) is 60.5 Å². The van der Waals surface area contributed by atoms with Gasteiger partial charge in [-0.3, -0.25) is 4.79 Å². The van der Waals surface area contributed by atoms with E-state index in [0.717, 1.165) is 39.0 Å². The smallest absolute Gasteiger partial charge is 0.226 e. The summed E-state index contributed by atoms with van der Waals surface area (Å²) in [6.07, 6.45) is 8.39. The van der Waals surface area contributed by atoms with Crippen LogP contribution in [0.4, 0.5) is 0 Å². The zero-order valence-corrected chi connectivity index (χ0v) is 13.7. The zero-order valence-electron chi connectivity index (χ0n) is 13.7. The Morgan fingerprint density at radius 3 is 2.67 bits per heavy atom. The summed E-state index contributed by atoms with van der Waals surface area (Å²) < 4.78 is 0. The molecule has 0 aromatic rings. The molecule has 1 aliphatic carbocycles. The monoisotopic (exact) mass is 293 g/mol. The third-order valence-electron chi connectivity index (χ3n) is 5.87. The maximum absolute atomic E-state index is 13.2. The molecule has 3 fully saturated rings. The number of likely N-dealkylation sites (N-methyl/N-ethyl adjacent to an activating group) is 1. The van der Waals surface area contributed by atoms with Gasteiger partial charge in [-0.25, -0.2) is 0 Å². The molecule has 0 radical (unpaired) electrons. The summed E-state index contributed by atoms with van der Waals surface area (Å²) in [5.74, 6) is 0.710. The van der Waals surface area contributed by atoms with E-state index in [0.29, 0.717) is 11.9 Å². The molecule has 0 bridgehead atoms. The maximum atomic E-state index is 13.2. The predicted molar refractivity (Wildman–Crippen MR) is 85.2 cm³/mol. The van der Waals surface area contributed by atoms with Crippen LogP contribution >= 0.6 is 0 Å². The molecule has 3 rings (SSSR count). The van der Waals surface area contributed by atoms with Crippen molar-refractivity contribution in [1.29, 1.82) is 0 Å². The lowest BCUT2D eigenvalue weighted by atomic mass is 9.77. The average Bonchev–Trinajstić information content (AvgIpc) is 2.47. The van der Waals surface area contributed by atoms with Gasteiger partial charge in [0.2, 0.25) is 5.91 Å². The summed E-state index contributed by atoms with van der Waals surface area (Å²) >= 11 is 0. The van der Waals surface area contributed by atoms with E-state index in [9.17, 15) is 4.79 Å².